The molecule has 1 unspecified atom stereocenters. The van der Waals surface area contributed by atoms with Crippen molar-refractivity contribution in [2.45, 2.75) is 117 Å². The maximum absolute atomic E-state index is 14.1. The van der Waals surface area contributed by atoms with Crippen LogP contribution in [0, 0.1) is 23.7 Å². The molecule has 0 saturated carbocycles. The molecule has 2 heterocycles. The summed E-state index contributed by atoms with van der Waals surface area (Å²) in [5.74, 6) is -0.476. The number of ether oxygens (including phenoxy) is 2. The summed E-state index contributed by atoms with van der Waals surface area (Å²) in [5.41, 5.74) is 0. The Morgan fingerprint density at radius 1 is 1.04 bits per heavy atom. The van der Waals surface area contributed by atoms with Crippen LogP contribution in [-0.4, -0.2) is 121 Å². The van der Waals surface area contributed by atoms with Crippen molar-refractivity contribution < 1.29 is 28.7 Å². The lowest BCUT2D eigenvalue weighted by Crippen LogP contribution is -2.59. The van der Waals surface area contributed by atoms with E-state index in [1.165, 1.54) is 0 Å². The predicted molar refractivity (Wildman–Crippen MR) is 186 cm³/mol. The van der Waals surface area contributed by atoms with Crippen LogP contribution in [0.15, 0.2) is 12.4 Å². The number of likely N-dealkylation sites (tertiary alicyclic amines) is 1. The summed E-state index contributed by atoms with van der Waals surface area (Å²) in [5, 5.41) is 9.01. The van der Waals surface area contributed by atoms with Crippen molar-refractivity contribution in [3.63, 3.8) is 0 Å². The van der Waals surface area contributed by atoms with Crippen LogP contribution in [0.25, 0.3) is 0 Å². The van der Waals surface area contributed by atoms with E-state index in [0.717, 1.165) is 25.1 Å². The fourth-order valence-electron chi connectivity index (χ4n) is 6.95. The lowest BCUT2D eigenvalue weighted by atomic mass is 9.89. The average Bonchev–Trinajstić information content (AvgIpc) is 3.76. The number of hydrogen-bond donors (Lipinski definition) is 4. The van der Waals surface area contributed by atoms with Gasteiger partial charge in [-0.3, -0.25) is 19.2 Å². The zero-order chi connectivity index (χ0) is 36.1. The largest absolute Gasteiger partial charge is 0.379 e. The van der Waals surface area contributed by atoms with Crippen LogP contribution in [-0.2, 0) is 35.1 Å². The van der Waals surface area contributed by atoms with Gasteiger partial charge in [-0.15, -0.1) is 0 Å². The number of carbonyl (C=O) groups excluding carboxylic acids is 4. The van der Waals surface area contributed by atoms with Crippen LogP contribution < -0.4 is 16.0 Å². The number of rotatable bonds is 20. The molecule has 0 spiro atoms. The minimum Gasteiger partial charge on any atom is -0.379 e. The molecule has 1 aliphatic heterocycles. The van der Waals surface area contributed by atoms with E-state index in [4.69, 9.17) is 9.47 Å². The minimum absolute atomic E-state index is 0.00642. The van der Waals surface area contributed by atoms with Crippen LogP contribution >= 0.6 is 0 Å². The van der Waals surface area contributed by atoms with Crippen LogP contribution in [0.1, 0.15) is 80.0 Å². The molecule has 0 bridgehead atoms. The summed E-state index contributed by atoms with van der Waals surface area (Å²) in [6, 6.07) is -1.86. The number of aromatic amines is 1. The second-order valence-corrected chi connectivity index (χ2v) is 13.9. The third-order valence-electron chi connectivity index (χ3n) is 9.97. The SMILES string of the molecule is CC[C@H](C)[C@@H]([C@@H](CC(=O)N1CCC[C@H]1[C@H](OC)[C@@H](C)C(=O)NCCc1ncc[nH]1)OC)N(C)C(=O)C(NC(=O)[C@@H](NC)C(C)C)C(C)C. The number of nitrogens with one attached hydrogen (secondary N) is 4. The normalized spacial score (nSPS) is 19.4. The maximum Gasteiger partial charge on any atom is 0.245 e. The summed E-state index contributed by atoms with van der Waals surface area (Å²) in [6.07, 6.45) is 5.28. The number of hydrogen-bond acceptors (Lipinski definition) is 8. The van der Waals surface area contributed by atoms with Gasteiger partial charge < -0.3 is 40.2 Å². The van der Waals surface area contributed by atoms with Crippen LogP contribution in [0.5, 0.6) is 0 Å². The Bertz CT molecular complexity index is 1150. The Kier molecular flexibility index (Phi) is 17.0. The highest BCUT2D eigenvalue weighted by atomic mass is 16.5. The van der Waals surface area contributed by atoms with Crippen molar-refractivity contribution in [1.82, 2.24) is 35.7 Å². The highest BCUT2D eigenvalue weighted by Crippen LogP contribution is 2.29. The summed E-state index contributed by atoms with van der Waals surface area (Å²) in [7, 11) is 6.63. The van der Waals surface area contributed by atoms with Gasteiger partial charge in [0.05, 0.1) is 42.7 Å². The summed E-state index contributed by atoms with van der Waals surface area (Å²) in [6.45, 7) is 14.7. The van der Waals surface area contributed by atoms with Gasteiger partial charge in [0.25, 0.3) is 0 Å². The van der Waals surface area contributed by atoms with Gasteiger partial charge in [0.15, 0.2) is 0 Å². The summed E-state index contributed by atoms with van der Waals surface area (Å²) >= 11 is 0. The first-order chi connectivity index (χ1) is 22.7. The van der Waals surface area contributed by atoms with E-state index in [2.05, 4.69) is 32.8 Å². The number of likely N-dealkylation sites (N-methyl/N-ethyl adjacent to an activating group) is 2. The Morgan fingerprint density at radius 2 is 1.71 bits per heavy atom. The molecule has 1 saturated heterocycles. The molecule has 13 heteroatoms. The standard InChI is InChI=1S/C35H63N7O6/c1-12-23(6)31(41(9)35(46)30(22(4)5)40-34(45)29(36-8)21(2)3)26(47-10)20-28(43)42-19-13-14-25(42)32(48-11)24(7)33(44)39-16-15-27-37-17-18-38-27/h17-18,21-26,29-32,36H,12-16,19-20H2,1-11H3,(H,37,38)(H,39,44)(H,40,45)/t23-,24+,25-,26+,29-,30?,31-,32+/m0/s1. The first-order valence-electron chi connectivity index (χ1n) is 17.6. The van der Waals surface area contributed by atoms with Crippen molar-refractivity contribution in [1.29, 1.82) is 0 Å². The topological polar surface area (TPSA) is 158 Å². The second-order valence-electron chi connectivity index (χ2n) is 13.9. The van der Waals surface area contributed by atoms with Crippen molar-refractivity contribution >= 4 is 23.6 Å². The zero-order valence-corrected chi connectivity index (χ0v) is 31.2. The number of carbonyl (C=O) groups is 4. The number of amides is 4. The number of H-pyrrole nitrogens is 1. The molecule has 1 aromatic heterocycles. The van der Waals surface area contributed by atoms with E-state index >= 15 is 0 Å². The van der Waals surface area contributed by atoms with E-state index < -0.39 is 36.3 Å². The van der Waals surface area contributed by atoms with Gasteiger partial charge in [0, 0.05) is 53.2 Å². The molecule has 8 atom stereocenters. The summed E-state index contributed by atoms with van der Waals surface area (Å²) in [4.78, 5) is 65.1. The number of methoxy groups -OCH3 is 2. The van der Waals surface area contributed by atoms with Crippen LogP contribution in [0.4, 0.5) is 0 Å². The van der Waals surface area contributed by atoms with E-state index in [1.807, 2.05) is 46.4 Å². The first kappa shape index (κ1) is 41.1. The van der Waals surface area contributed by atoms with Gasteiger partial charge in [-0.25, -0.2) is 4.98 Å². The molecular weight excluding hydrogens is 614 g/mol. The van der Waals surface area contributed by atoms with Crippen molar-refractivity contribution in [2.75, 3.05) is 41.4 Å². The lowest BCUT2D eigenvalue weighted by Gasteiger charge is -2.41. The smallest absolute Gasteiger partial charge is 0.245 e. The lowest BCUT2D eigenvalue weighted by molar-refractivity contribution is -0.147. The third-order valence-corrected chi connectivity index (χ3v) is 9.97. The molecule has 0 radical (unpaired) electrons. The molecule has 1 aromatic rings. The second kappa shape index (κ2) is 19.8. The molecule has 4 N–H and O–H groups in total. The fourth-order valence-corrected chi connectivity index (χ4v) is 6.95. The van der Waals surface area contributed by atoms with Crippen LogP contribution in [0.3, 0.4) is 0 Å². The molecule has 274 valence electrons. The molecule has 2 rings (SSSR count). The van der Waals surface area contributed by atoms with Crippen molar-refractivity contribution in [2.24, 2.45) is 23.7 Å². The van der Waals surface area contributed by atoms with E-state index in [0.29, 0.717) is 19.5 Å². The predicted octanol–water partition coefficient (Wildman–Crippen LogP) is 2.37. The quantitative estimate of drug-likeness (QED) is 0.164. The van der Waals surface area contributed by atoms with Crippen molar-refractivity contribution in [3.8, 4) is 0 Å². The van der Waals surface area contributed by atoms with Gasteiger partial charge in [-0.2, -0.15) is 0 Å². The van der Waals surface area contributed by atoms with Crippen molar-refractivity contribution in [3.05, 3.63) is 18.2 Å². The third kappa shape index (κ3) is 10.7. The van der Waals surface area contributed by atoms with Gasteiger partial charge in [0.2, 0.25) is 23.6 Å². The Balaban J connectivity index is 2.20. The first-order valence-corrected chi connectivity index (χ1v) is 17.6. The average molecular weight is 678 g/mol. The monoisotopic (exact) mass is 677 g/mol. The zero-order valence-electron chi connectivity index (χ0n) is 31.2. The Hall–Kier alpha value is -3.03. The van der Waals surface area contributed by atoms with Gasteiger partial charge in [-0.1, -0.05) is 54.9 Å². The number of nitrogens with zero attached hydrogens (tertiary/aromatic N) is 3. The van der Waals surface area contributed by atoms with Gasteiger partial charge in [0.1, 0.15) is 11.9 Å². The Morgan fingerprint density at radius 3 is 2.23 bits per heavy atom. The van der Waals surface area contributed by atoms with E-state index in [9.17, 15) is 19.2 Å². The molecule has 0 aromatic carbocycles. The number of aromatic nitrogens is 2. The van der Waals surface area contributed by atoms with Gasteiger partial charge in [-0.05, 0) is 37.6 Å². The number of imidazole rings is 1. The maximum atomic E-state index is 14.1. The highest BCUT2D eigenvalue weighted by Gasteiger charge is 2.43. The molecule has 4 amide bonds. The Labute approximate surface area is 288 Å². The molecule has 13 nitrogen and oxygen atoms in total. The molecule has 1 fully saturated rings. The molecule has 1 aliphatic rings. The van der Waals surface area contributed by atoms with E-state index in [-0.39, 0.29) is 53.8 Å². The minimum atomic E-state index is -0.742. The molecular formula is C35H63N7O6. The van der Waals surface area contributed by atoms with E-state index in [1.54, 1.807) is 45.6 Å². The highest BCUT2D eigenvalue weighted by molar-refractivity contribution is 5.90. The summed E-state index contributed by atoms with van der Waals surface area (Å²) < 4.78 is 11.9. The molecule has 48 heavy (non-hydrogen) atoms. The molecule has 0 aliphatic carbocycles. The van der Waals surface area contributed by atoms with Gasteiger partial charge >= 0.3 is 0 Å². The fraction of sp³-hybridized carbons (Fsp3) is 0.800. The van der Waals surface area contributed by atoms with Crippen LogP contribution in [0.2, 0.25) is 0 Å².